The summed E-state index contributed by atoms with van der Waals surface area (Å²) in [6.45, 7) is 11.4. The summed E-state index contributed by atoms with van der Waals surface area (Å²) in [5.41, 5.74) is 5.99. The third-order valence-corrected chi connectivity index (χ3v) is 8.02. The van der Waals surface area contributed by atoms with Crippen LogP contribution in [0.25, 0.3) is 0 Å². The van der Waals surface area contributed by atoms with Crippen LogP contribution in [0.1, 0.15) is 76.4 Å². The van der Waals surface area contributed by atoms with Crippen molar-refractivity contribution in [3.63, 3.8) is 0 Å². The molecule has 1 aliphatic carbocycles. The molecule has 1 aliphatic heterocycles. The summed E-state index contributed by atoms with van der Waals surface area (Å²) < 4.78 is 12.1. The lowest BCUT2D eigenvalue weighted by Crippen LogP contribution is -2.49. The fourth-order valence-electron chi connectivity index (χ4n) is 4.66. The molecule has 0 bridgehead atoms. The number of aliphatic hydroxyl groups excluding tert-OH is 1. The Kier molecular flexibility index (Phi) is 6.46. The molecule has 3 heterocycles. The minimum atomic E-state index is -1.15. The van der Waals surface area contributed by atoms with Gasteiger partial charge in [0.25, 0.3) is 5.91 Å². The highest BCUT2D eigenvalue weighted by Gasteiger charge is 2.52. The van der Waals surface area contributed by atoms with Crippen LogP contribution in [0.2, 0.25) is 0 Å². The lowest BCUT2D eigenvalue weighted by Gasteiger charge is -2.43. The Labute approximate surface area is 206 Å². The molecule has 188 valence electrons. The summed E-state index contributed by atoms with van der Waals surface area (Å²) in [7, 11) is -0.723. The van der Waals surface area contributed by atoms with Gasteiger partial charge >= 0.3 is 7.12 Å². The van der Waals surface area contributed by atoms with Crippen LogP contribution in [0.4, 0.5) is 11.4 Å². The fourth-order valence-corrected chi connectivity index (χ4v) is 4.66. The third kappa shape index (κ3) is 4.68. The van der Waals surface area contributed by atoms with E-state index in [4.69, 9.17) is 15.0 Å². The highest BCUT2D eigenvalue weighted by atomic mass is 16.7. The Morgan fingerprint density at radius 3 is 2.43 bits per heavy atom. The average Bonchev–Trinajstić information content (AvgIpc) is 2.99. The second-order valence-corrected chi connectivity index (χ2v) is 11.0. The average molecular weight is 482 g/mol. The summed E-state index contributed by atoms with van der Waals surface area (Å²) in [5, 5.41) is 24.0. The van der Waals surface area contributed by atoms with E-state index >= 15 is 0 Å². The van der Waals surface area contributed by atoms with E-state index in [-0.39, 0.29) is 23.2 Å². The van der Waals surface area contributed by atoms with Gasteiger partial charge in [0.05, 0.1) is 46.1 Å². The Balaban J connectivity index is 1.57. The number of pyridine rings is 2. The number of nitrogen functional groups attached to an aromatic ring is 1. The number of nitrogens with zero attached hydrogens (tertiary/aromatic N) is 2. The van der Waals surface area contributed by atoms with Gasteiger partial charge in [0.15, 0.2) is 5.69 Å². The molecule has 0 aromatic carbocycles. The Bertz CT molecular complexity index is 1090. The van der Waals surface area contributed by atoms with Crippen LogP contribution in [0, 0.1) is 5.92 Å². The summed E-state index contributed by atoms with van der Waals surface area (Å²) in [5.74, 6) is -0.659. The van der Waals surface area contributed by atoms with Crippen LogP contribution in [-0.2, 0) is 9.31 Å². The van der Waals surface area contributed by atoms with Crippen molar-refractivity contribution in [1.29, 1.82) is 0 Å². The van der Waals surface area contributed by atoms with E-state index in [2.05, 4.69) is 15.3 Å². The van der Waals surface area contributed by atoms with Gasteiger partial charge < -0.3 is 30.6 Å². The molecule has 4 atom stereocenters. The number of carbonyl (C=O) groups excluding carboxylic acids is 1. The molecule has 10 heteroatoms. The van der Waals surface area contributed by atoms with Crippen molar-refractivity contribution in [1.82, 2.24) is 9.97 Å². The zero-order chi connectivity index (χ0) is 25.8. The largest absolute Gasteiger partial charge is 0.514 e. The minimum absolute atomic E-state index is 0.0556. The van der Waals surface area contributed by atoms with E-state index in [0.717, 1.165) is 5.56 Å². The number of hydrogen-bond acceptors (Lipinski definition) is 8. The zero-order valence-electron chi connectivity index (χ0n) is 21.2. The molecule has 0 unspecified atom stereocenters. The number of carbonyl (C=O) groups is 1. The van der Waals surface area contributed by atoms with Gasteiger partial charge in [0.1, 0.15) is 0 Å². The number of nitrogens with one attached hydrogen (secondary N) is 1. The van der Waals surface area contributed by atoms with Gasteiger partial charge in [0, 0.05) is 6.20 Å². The van der Waals surface area contributed by atoms with Crippen molar-refractivity contribution < 1.29 is 24.3 Å². The van der Waals surface area contributed by atoms with Crippen LogP contribution in [-0.4, -0.2) is 56.1 Å². The van der Waals surface area contributed by atoms with Gasteiger partial charge in [-0.05, 0) is 83.1 Å². The van der Waals surface area contributed by atoms with Crippen LogP contribution >= 0.6 is 0 Å². The summed E-state index contributed by atoms with van der Waals surface area (Å²) in [4.78, 5) is 21.9. The van der Waals surface area contributed by atoms with Crippen LogP contribution < -0.4 is 16.6 Å². The van der Waals surface area contributed by atoms with Crippen molar-refractivity contribution in [2.75, 3.05) is 11.1 Å². The number of nitrogens with two attached hydrogens (primary N) is 1. The van der Waals surface area contributed by atoms with Crippen molar-refractivity contribution in [2.24, 2.45) is 5.92 Å². The van der Waals surface area contributed by atoms with E-state index in [1.165, 1.54) is 0 Å². The van der Waals surface area contributed by atoms with Gasteiger partial charge in [-0.1, -0.05) is 6.92 Å². The highest BCUT2D eigenvalue weighted by molar-refractivity contribution is 6.61. The van der Waals surface area contributed by atoms with Crippen LogP contribution in [0.5, 0.6) is 0 Å². The standard InChI is InChI=1S/C25H35BN4O5/c1-14-11-15(12-19(31)25(14,6)33)16-9-10-28-13-18(16)29-22(32)21-17(27)7-8-20(30-21)26-34-23(2,3)24(4,5)35-26/h7-10,13-15,19,31,33H,11-12,27H2,1-6H3,(H,29,32)/t14-,15+,19+,25+/m0/s1. The Morgan fingerprint density at radius 1 is 1.14 bits per heavy atom. The van der Waals surface area contributed by atoms with E-state index in [1.807, 2.05) is 40.7 Å². The number of amides is 1. The van der Waals surface area contributed by atoms with Gasteiger partial charge in [-0.3, -0.25) is 9.78 Å². The fraction of sp³-hybridized carbons (Fsp3) is 0.560. The van der Waals surface area contributed by atoms with Gasteiger partial charge in [-0.25, -0.2) is 4.98 Å². The van der Waals surface area contributed by atoms with Gasteiger partial charge in [-0.15, -0.1) is 0 Å². The maximum absolute atomic E-state index is 13.3. The van der Waals surface area contributed by atoms with E-state index < -0.39 is 35.9 Å². The summed E-state index contributed by atoms with van der Waals surface area (Å²) >= 11 is 0. The number of hydrogen-bond donors (Lipinski definition) is 4. The molecule has 2 aliphatic rings. The topological polar surface area (TPSA) is 140 Å². The first-order valence-electron chi connectivity index (χ1n) is 12.0. The Morgan fingerprint density at radius 2 is 1.80 bits per heavy atom. The maximum Gasteiger partial charge on any atom is 0.514 e. The monoisotopic (exact) mass is 482 g/mol. The molecular weight excluding hydrogens is 447 g/mol. The van der Waals surface area contributed by atoms with E-state index in [9.17, 15) is 15.0 Å². The van der Waals surface area contributed by atoms with Gasteiger partial charge in [-0.2, -0.15) is 0 Å². The van der Waals surface area contributed by atoms with Crippen molar-refractivity contribution in [2.45, 2.75) is 83.2 Å². The molecular formula is C25H35BN4O5. The molecule has 0 radical (unpaired) electrons. The molecule has 35 heavy (non-hydrogen) atoms. The smallest absolute Gasteiger partial charge is 0.398 e. The molecule has 2 fully saturated rings. The Hall–Kier alpha value is -2.53. The molecule has 9 nitrogen and oxygen atoms in total. The van der Waals surface area contributed by atoms with E-state index in [1.54, 1.807) is 31.5 Å². The molecule has 2 aromatic heterocycles. The molecule has 2 aromatic rings. The van der Waals surface area contributed by atoms with Crippen LogP contribution in [0.15, 0.2) is 30.6 Å². The van der Waals surface area contributed by atoms with Crippen LogP contribution in [0.3, 0.4) is 0 Å². The van der Waals surface area contributed by atoms with Gasteiger partial charge in [0.2, 0.25) is 0 Å². The second-order valence-electron chi connectivity index (χ2n) is 11.0. The predicted molar refractivity (Wildman–Crippen MR) is 134 cm³/mol. The third-order valence-electron chi connectivity index (χ3n) is 8.02. The number of rotatable bonds is 4. The second kappa shape index (κ2) is 8.85. The highest BCUT2D eigenvalue weighted by Crippen LogP contribution is 2.43. The maximum atomic E-state index is 13.3. The molecule has 1 amide bonds. The van der Waals surface area contributed by atoms with Crippen molar-refractivity contribution >= 4 is 30.0 Å². The molecule has 5 N–H and O–H groups in total. The lowest BCUT2D eigenvalue weighted by atomic mass is 9.69. The first-order chi connectivity index (χ1) is 16.2. The molecule has 1 saturated carbocycles. The molecule has 0 spiro atoms. The first-order valence-corrected chi connectivity index (χ1v) is 12.0. The lowest BCUT2D eigenvalue weighted by molar-refractivity contribution is -0.123. The number of anilines is 2. The summed E-state index contributed by atoms with van der Waals surface area (Å²) in [6.07, 6.45) is 3.39. The normalized spacial score (nSPS) is 29.7. The minimum Gasteiger partial charge on any atom is -0.398 e. The predicted octanol–water partition coefficient (Wildman–Crippen LogP) is 2.24. The van der Waals surface area contributed by atoms with Crippen molar-refractivity contribution in [3.05, 3.63) is 41.9 Å². The number of aromatic nitrogens is 2. The summed E-state index contributed by atoms with van der Waals surface area (Å²) in [6, 6.07) is 5.14. The van der Waals surface area contributed by atoms with E-state index in [0.29, 0.717) is 24.1 Å². The quantitative estimate of drug-likeness (QED) is 0.487. The molecule has 1 saturated heterocycles. The first kappa shape index (κ1) is 25.6. The van der Waals surface area contributed by atoms with Crippen molar-refractivity contribution in [3.8, 4) is 0 Å². The zero-order valence-corrected chi connectivity index (χ0v) is 21.2. The SMILES string of the molecule is C[C@H]1C[C@@H](c2ccncc2NC(=O)c2nc(B3OC(C)(C)C(C)(C)O3)ccc2N)C[C@@H](O)[C@]1(C)O. The molecule has 4 rings (SSSR count). The number of aliphatic hydroxyl groups is 2.